The fourth-order valence-corrected chi connectivity index (χ4v) is 2.51. The van der Waals surface area contributed by atoms with E-state index in [1.165, 1.54) is 24.0 Å². The lowest BCUT2D eigenvalue weighted by molar-refractivity contribution is 0.335. The molecule has 0 aliphatic rings. The highest BCUT2D eigenvalue weighted by Crippen LogP contribution is 2.19. The maximum atomic E-state index is 5.70. The van der Waals surface area contributed by atoms with Crippen LogP contribution in [0.25, 0.3) is 0 Å². The van der Waals surface area contributed by atoms with Crippen molar-refractivity contribution in [3.8, 4) is 0 Å². The van der Waals surface area contributed by atoms with Crippen LogP contribution in [0.15, 0.2) is 24.3 Å². The van der Waals surface area contributed by atoms with E-state index >= 15 is 0 Å². The van der Waals surface area contributed by atoms with Crippen LogP contribution in [0.1, 0.15) is 57.6 Å². The van der Waals surface area contributed by atoms with Crippen molar-refractivity contribution < 1.29 is 0 Å². The van der Waals surface area contributed by atoms with Crippen LogP contribution in [0, 0.1) is 5.92 Å². The average Bonchev–Trinajstić information content (AvgIpc) is 2.39. The molecule has 1 aromatic carbocycles. The van der Waals surface area contributed by atoms with Gasteiger partial charge in [0.05, 0.1) is 0 Å². The summed E-state index contributed by atoms with van der Waals surface area (Å²) in [6.07, 6.45) is 3.37. The molecule has 3 N–H and O–H groups in total. The van der Waals surface area contributed by atoms with Crippen LogP contribution in [0.5, 0.6) is 0 Å². The van der Waals surface area contributed by atoms with Gasteiger partial charge < -0.3 is 0 Å². The topological polar surface area (TPSA) is 38.0 Å². The zero-order valence-electron chi connectivity index (χ0n) is 12.2. The van der Waals surface area contributed by atoms with Gasteiger partial charge in [0.25, 0.3) is 0 Å². The van der Waals surface area contributed by atoms with Crippen molar-refractivity contribution in [1.82, 2.24) is 5.43 Å². The van der Waals surface area contributed by atoms with Gasteiger partial charge in [0.1, 0.15) is 0 Å². The van der Waals surface area contributed by atoms with E-state index in [1.807, 2.05) is 0 Å². The minimum Gasteiger partial charge on any atom is -0.271 e. The van der Waals surface area contributed by atoms with Crippen LogP contribution in [0.2, 0.25) is 0 Å². The lowest BCUT2D eigenvalue weighted by Gasteiger charge is -2.24. The van der Waals surface area contributed by atoms with Crippen molar-refractivity contribution >= 4 is 0 Å². The molecule has 0 saturated carbocycles. The summed E-state index contributed by atoms with van der Waals surface area (Å²) in [5.74, 6) is 6.95. The molecule has 0 heterocycles. The first kappa shape index (κ1) is 15.2. The molecule has 0 aliphatic heterocycles. The number of rotatable bonds is 7. The van der Waals surface area contributed by atoms with Crippen LogP contribution in [0.3, 0.4) is 0 Å². The van der Waals surface area contributed by atoms with Crippen molar-refractivity contribution in [1.29, 1.82) is 0 Å². The number of hydrazine groups is 1. The molecule has 2 nitrogen and oxygen atoms in total. The largest absolute Gasteiger partial charge is 0.271 e. The van der Waals surface area contributed by atoms with Gasteiger partial charge in [0, 0.05) is 6.04 Å². The third-order valence-electron chi connectivity index (χ3n) is 3.93. The molecule has 0 spiro atoms. The molecule has 0 saturated heterocycles. The van der Waals surface area contributed by atoms with E-state index in [0.29, 0.717) is 17.9 Å². The van der Waals surface area contributed by atoms with Gasteiger partial charge in [-0.15, -0.1) is 0 Å². The minimum atomic E-state index is 0.380. The lowest BCUT2D eigenvalue weighted by Crippen LogP contribution is -2.42. The molecule has 0 amide bonds. The molecule has 0 fully saturated rings. The highest BCUT2D eigenvalue weighted by molar-refractivity contribution is 5.25. The van der Waals surface area contributed by atoms with Gasteiger partial charge in [-0.05, 0) is 29.4 Å². The first-order chi connectivity index (χ1) is 8.62. The number of hydrogen-bond donors (Lipinski definition) is 2. The highest BCUT2D eigenvalue weighted by Gasteiger charge is 2.17. The third-order valence-corrected chi connectivity index (χ3v) is 3.93. The Morgan fingerprint density at radius 1 is 1.06 bits per heavy atom. The van der Waals surface area contributed by atoms with Crippen molar-refractivity contribution in [3.05, 3.63) is 35.4 Å². The number of nitrogens with one attached hydrogen (secondary N) is 1. The maximum Gasteiger partial charge on any atom is 0.0278 e. The Bertz CT molecular complexity index is 325. The fourth-order valence-electron chi connectivity index (χ4n) is 2.51. The SMILES string of the molecule is CCC(CC)C(Cc1ccc(C(C)C)cc1)NN. The number of nitrogens with two attached hydrogens (primary N) is 1. The molecule has 1 aromatic rings. The zero-order chi connectivity index (χ0) is 13.5. The molecule has 1 unspecified atom stereocenters. The molecule has 1 atom stereocenters. The van der Waals surface area contributed by atoms with E-state index < -0.39 is 0 Å². The standard InChI is InChI=1S/C16H28N2/c1-5-14(6-2)16(18-17)11-13-7-9-15(10-8-13)12(3)4/h7-10,12,14,16,18H,5-6,11,17H2,1-4H3. The summed E-state index contributed by atoms with van der Waals surface area (Å²) in [5.41, 5.74) is 5.76. The zero-order valence-corrected chi connectivity index (χ0v) is 12.2. The molecular weight excluding hydrogens is 220 g/mol. The van der Waals surface area contributed by atoms with E-state index in [4.69, 9.17) is 5.84 Å². The highest BCUT2D eigenvalue weighted by atomic mass is 15.2. The summed E-state index contributed by atoms with van der Waals surface area (Å²) in [7, 11) is 0. The predicted octanol–water partition coefficient (Wildman–Crippen LogP) is 3.62. The second-order valence-corrected chi connectivity index (χ2v) is 5.45. The molecule has 0 radical (unpaired) electrons. The second kappa shape index (κ2) is 7.55. The van der Waals surface area contributed by atoms with E-state index in [1.54, 1.807) is 0 Å². The van der Waals surface area contributed by atoms with Crippen molar-refractivity contribution in [2.24, 2.45) is 11.8 Å². The van der Waals surface area contributed by atoms with Crippen molar-refractivity contribution in [3.63, 3.8) is 0 Å². The molecule has 102 valence electrons. The Morgan fingerprint density at radius 2 is 1.61 bits per heavy atom. The van der Waals surface area contributed by atoms with Gasteiger partial charge in [0.15, 0.2) is 0 Å². The smallest absolute Gasteiger partial charge is 0.0278 e. The van der Waals surface area contributed by atoms with Gasteiger partial charge in [-0.25, -0.2) is 0 Å². The Morgan fingerprint density at radius 3 is 2.00 bits per heavy atom. The van der Waals surface area contributed by atoms with E-state index in [9.17, 15) is 0 Å². The van der Waals surface area contributed by atoms with Crippen LogP contribution >= 0.6 is 0 Å². The predicted molar refractivity (Wildman–Crippen MR) is 79.4 cm³/mol. The minimum absolute atomic E-state index is 0.380. The number of benzene rings is 1. The summed E-state index contributed by atoms with van der Waals surface area (Å²) in [6, 6.07) is 9.33. The van der Waals surface area contributed by atoms with Crippen LogP contribution in [-0.2, 0) is 6.42 Å². The summed E-state index contributed by atoms with van der Waals surface area (Å²) in [4.78, 5) is 0. The van der Waals surface area contributed by atoms with E-state index in [2.05, 4.69) is 57.4 Å². The Labute approximate surface area is 112 Å². The fraction of sp³-hybridized carbons (Fsp3) is 0.625. The molecule has 0 bridgehead atoms. The molecule has 1 rings (SSSR count). The Hall–Kier alpha value is -0.860. The molecule has 0 aliphatic carbocycles. The van der Waals surface area contributed by atoms with Crippen molar-refractivity contribution in [2.45, 2.75) is 58.9 Å². The normalized spacial score (nSPS) is 13.3. The molecule has 18 heavy (non-hydrogen) atoms. The number of hydrogen-bond acceptors (Lipinski definition) is 2. The average molecular weight is 248 g/mol. The van der Waals surface area contributed by atoms with Gasteiger partial charge in [-0.3, -0.25) is 11.3 Å². The summed E-state index contributed by atoms with van der Waals surface area (Å²) in [5, 5.41) is 0. The van der Waals surface area contributed by atoms with E-state index in [0.717, 1.165) is 6.42 Å². The van der Waals surface area contributed by atoms with Gasteiger partial charge >= 0.3 is 0 Å². The monoisotopic (exact) mass is 248 g/mol. The molecular formula is C16H28N2. The third kappa shape index (κ3) is 4.11. The Balaban J connectivity index is 2.70. The maximum absolute atomic E-state index is 5.70. The second-order valence-electron chi connectivity index (χ2n) is 5.45. The molecule has 2 heteroatoms. The van der Waals surface area contributed by atoms with Gasteiger partial charge in [-0.2, -0.15) is 0 Å². The summed E-state index contributed by atoms with van der Waals surface area (Å²) in [6.45, 7) is 8.92. The summed E-state index contributed by atoms with van der Waals surface area (Å²) >= 11 is 0. The van der Waals surface area contributed by atoms with Gasteiger partial charge in [-0.1, -0.05) is 64.8 Å². The summed E-state index contributed by atoms with van der Waals surface area (Å²) < 4.78 is 0. The first-order valence-electron chi connectivity index (χ1n) is 7.17. The molecule has 0 aromatic heterocycles. The van der Waals surface area contributed by atoms with E-state index in [-0.39, 0.29) is 0 Å². The van der Waals surface area contributed by atoms with Gasteiger partial charge in [0.2, 0.25) is 0 Å². The quantitative estimate of drug-likeness (QED) is 0.571. The van der Waals surface area contributed by atoms with Crippen LogP contribution in [0.4, 0.5) is 0 Å². The Kier molecular flexibility index (Phi) is 6.37. The van der Waals surface area contributed by atoms with Crippen LogP contribution in [-0.4, -0.2) is 6.04 Å². The van der Waals surface area contributed by atoms with Crippen molar-refractivity contribution in [2.75, 3.05) is 0 Å². The van der Waals surface area contributed by atoms with Crippen LogP contribution < -0.4 is 11.3 Å². The lowest BCUT2D eigenvalue weighted by atomic mass is 9.89. The first-order valence-corrected chi connectivity index (χ1v) is 7.17.